The standard InChI is InChI=1S/C37H34NOP/c1-36(2,3)35-37(28-18-8-4-9-19-28,29-20-10-5-11-21-29)39-34(38-35)32-26-16-17-27-33(32)40(30-22-12-6-13-23-30)31-24-14-7-15-25-31/h4-27,35H,1-3H3/t35-/m1/s1. The van der Waals surface area contributed by atoms with E-state index < -0.39 is 13.5 Å². The van der Waals surface area contributed by atoms with Crippen molar-refractivity contribution in [2.24, 2.45) is 10.4 Å². The van der Waals surface area contributed by atoms with Crippen LogP contribution in [0.2, 0.25) is 0 Å². The van der Waals surface area contributed by atoms with Gasteiger partial charge in [0.1, 0.15) is 6.04 Å². The maximum absolute atomic E-state index is 7.27. The van der Waals surface area contributed by atoms with Crippen LogP contribution in [-0.4, -0.2) is 11.9 Å². The summed E-state index contributed by atoms with van der Waals surface area (Å²) in [6, 6.07) is 51.4. The molecule has 3 heteroatoms. The number of hydrogen-bond acceptors (Lipinski definition) is 2. The summed E-state index contributed by atoms with van der Waals surface area (Å²) in [6.07, 6.45) is 0. The summed E-state index contributed by atoms with van der Waals surface area (Å²) in [6.45, 7) is 6.79. The molecule has 5 aromatic rings. The second kappa shape index (κ2) is 10.9. The molecule has 0 amide bonds. The second-order valence-electron chi connectivity index (χ2n) is 11.3. The first-order valence-electron chi connectivity index (χ1n) is 13.9. The van der Waals surface area contributed by atoms with E-state index in [4.69, 9.17) is 9.73 Å². The van der Waals surface area contributed by atoms with E-state index in [1.54, 1.807) is 0 Å². The summed E-state index contributed by atoms with van der Waals surface area (Å²) in [5, 5.41) is 3.86. The molecule has 40 heavy (non-hydrogen) atoms. The first-order chi connectivity index (χ1) is 19.5. The van der Waals surface area contributed by atoms with E-state index >= 15 is 0 Å². The molecule has 1 heterocycles. The normalized spacial score (nSPS) is 16.4. The molecule has 5 aromatic carbocycles. The van der Waals surface area contributed by atoms with Gasteiger partial charge in [0, 0.05) is 16.7 Å². The summed E-state index contributed by atoms with van der Waals surface area (Å²) >= 11 is 0. The zero-order valence-corrected chi connectivity index (χ0v) is 24.1. The molecule has 0 radical (unpaired) electrons. The van der Waals surface area contributed by atoms with Gasteiger partial charge in [0.2, 0.25) is 5.90 Å². The molecule has 198 valence electrons. The highest BCUT2D eigenvalue weighted by molar-refractivity contribution is 7.80. The first kappa shape index (κ1) is 26.2. The third-order valence-corrected chi connectivity index (χ3v) is 10.0. The Morgan fingerprint density at radius 1 is 0.575 bits per heavy atom. The molecule has 0 bridgehead atoms. The predicted molar refractivity (Wildman–Crippen MR) is 170 cm³/mol. The highest BCUT2D eigenvalue weighted by atomic mass is 31.1. The van der Waals surface area contributed by atoms with Crippen molar-refractivity contribution < 1.29 is 4.74 Å². The van der Waals surface area contributed by atoms with Gasteiger partial charge in [-0.2, -0.15) is 0 Å². The van der Waals surface area contributed by atoms with E-state index in [0.717, 1.165) is 16.7 Å². The van der Waals surface area contributed by atoms with Gasteiger partial charge in [0.05, 0.1) is 0 Å². The Hall–Kier alpha value is -4.00. The van der Waals surface area contributed by atoms with Crippen LogP contribution in [0.25, 0.3) is 0 Å². The summed E-state index contributed by atoms with van der Waals surface area (Å²) < 4.78 is 7.27. The van der Waals surface area contributed by atoms with Gasteiger partial charge in [-0.3, -0.25) is 0 Å². The Balaban J connectivity index is 1.56. The molecule has 1 aliphatic heterocycles. The molecule has 1 aliphatic rings. The number of rotatable bonds is 6. The van der Waals surface area contributed by atoms with Crippen molar-refractivity contribution in [3.8, 4) is 0 Å². The molecule has 2 nitrogen and oxygen atoms in total. The smallest absolute Gasteiger partial charge is 0.218 e. The second-order valence-corrected chi connectivity index (χ2v) is 13.5. The Kier molecular flexibility index (Phi) is 7.13. The van der Waals surface area contributed by atoms with Crippen molar-refractivity contribution in [1.82, 2.24) is 0 Å². The lowest BCUT2D eigenvalue weighted by Crippen LogP contribution is -2.45. The maximum atomic E-state index is 7.27. The fraction of sp³-hybridized carbons (Fsp3) is 0.162. The van der Waals surface area contributed by atoms with Gasteiger partial charge >= 0.3 is 0 Å². The van der Waals surface area contributed by atoms with Crippen LogP contribution in [0, 0.1) is 5.41 Å². The highest BCUT2D eigenvalue weighted by Crippen LogP contribution is 2.50. The zero-order valence-electron chi connectivity index (χ0n) is 23.2. The van der Waals surface area contributed by atoms with Crippen molar-refractivity contribution in [2.75, 3.05) is 0 Å². The van der Waals surface area contributed by atoms with E-state index in [9.17, 15) is 0 Å². The van der Waals surface area contributed by atoms with Crippen LogP contribution in [-0.2, 0) is 10.3 Å². The monoisotopic (exact) mass is 539 g/mol. The van der Waals surface area contributed by atoms with Crippen LogP contribution in [0.1, 0.15) is 37.5 Å². The third kappa shape index (κ3) is 4.78. The SMILES string of the molecule is CC(C)(C)[C@H]1N=C(c2ccccc2P(c2ccccc2)c2ccccc2)OC1(c1ccccc1)c1ccccc1. The van der Waals surface area contributed by atoms with Gasteiger partial charge in [-0.05, 0) is 35.3 Å². The minimum atomic E-state index is -0.825. The molecule has 0 saturated carbocycles. The highest BCUT2D eigenvalue weighted by Gasteiger charge is 2.54. The fourth-order valence-corrected chi connectivity index (χ4v) is 8.21. The van der Waals surface area contributed by atoms with Gasteiger partial charge < -0.3 is 4.74 Å². The van der Waals surface area contributed by atoms with Crippen LogP contribution in [0.4, 0.5) is 0 Å². The average Bonchev–Trinajstić information content (AvgIpc) is 3.42. The lowest BCUT2D eigenvalue weighted by Gasteiger charge is -2.40. The molecule has 0 aromatic heterocycles. The average molecular weight is 540 g/mol. The first-order valence-corrected chi connectivity index (χ1v) is 15.2. The summed E-state index contributed by atoms with van der Waals surface area (Å²) in [5.41, 5.74) is 2.39. The van der Waals surface area contributed by atoms with Crippen LogP contribution < -0.4 is 15.9 Å². The van der Waals surface area contributed by atoms with Crippen molar-refractivity contribution in [3.63, 3.8) is 0 Å². The van der Waals surface area contributed by atoms with Gasteiger partial charge in [-0.1, -0.05) is 160 Å². The molecular formula is C37H34NOP. The van der Waals surface area contributed by atoms with Crippen LogP contribution in [0.3, 0.4) is 0 Å². The van der Waals surface area contributed by atoms with E-state index in [1.165, 1.54) is 15.9 Å². The van der Waals surface area contributed by atoms with Crippen LogP contribution in [0.15, 0.2) is 151 Å². The molecule has 0 fully saturated rings. The molecule has 0 N–H and O–H groups in total. The summed E-state index contributed by atoms with van der Waals surface area (Å²) in [7, 11) is -0.825. The minimum Gasteiger partial charge on any atom is -0.459 e. The molecule has 6 rings (SSSR count). The molecule has 0 aliphatic carbocycles. The van der Waals surface area contributed by atoms with Crippen molar-refractivity contribution in [2.45, 2.75) is 32.4 Å². The third-order valence-electron chi connectivity index (χ3n) is 7.52. The molecule has 1 atom stereocenters. The largest absolute Gasteiger partial charge is 0.459 e. The number of hydrogen-bond donors (Lipinski definition) is 0. The van der Waals surface area contributed by atoms with E-state index in [0.29, 0.717) is 5.90 Å². The number of aliphatic imine (C=N–C) groups is 1. The Bertz CT molecular complexity index is 1510. The number of benzene rings is 5. The lowest BCUT2D eigenvalue weighted by molar-refractivity contribution is 0.0556. The Morgan fingerprint density at radius 2 is 1.00 bits per heavy atom. The summed E-state index contributed by atoms with van der Waals surface area (Å²) in [5.74, 6) is 0.711. The predicted octanol–water partition coefficient (Wildman–Crippen LogP) is 7.58. The van der Waals surface area contributed by atoms with Crippen molar-refractivity contribution >= 4 is 29.7 Å². The quantitative estimate of drug-likeness (QED) is 0.204. The maximum Gasteiger partial charge on any atom is 0.218 e. The van der Waals surface area contributed by atoms with Gasteiger partial charge in [-0.25, -0.2) is 4.99 Å². The van der Waals surface area contributed by atoms with Crippen molar-refractivity contribution in [3.05, 3.63) is 162 Å². The van der Waals surface area contributed by atoms with Crippen LogP contribution in [0.5, 0.6) is 0 Å². The fourth-order valence-electron chi connectivity index (χ4n) is 5.77. The van der Waals surface area contributed by atoms with E-state index in [1.807, 2.05) is 0 Å². The number of nitrogens with zero attached hydrogens (tertiary/aromatic N) is 1. The zero-order chi connectivity index (χ0) is 27.6. The Labute approximate surface area is 239 Å². The topological polar surface area (TPSA) is 21.6 Å². The van der Waals surface area contributed by atoms with E-state index in [-0.39, 0.29) is 11.5 Å². The number of ether oxygens (including phenoxy) is 1. The van der Waals surface area contributed by atoms with Gasteiger partial charge in [0.15, 0.2) is 5.60 Å². The van der Waals surface area contributed by atoms with E-state index in [2.05, 4.69) is 166 Å². The summed E-state index contributed by atoms with van der Waals surface area (Å²) in [4.78, 5) is 5.47. The molecular weight excluding hydrogens is 505 g/mol. The molecule has 0 saturated heterocycles. The van der Waals surface area contributed by atoms with Crippen LogP contribution >= 0.6 is 7.92 Å². The van der Waals surface area contributed by atoms with Gasteiger partial charge in [0.25, 0.3) is 0 Å². The van der Waals surface area contributed by atoms with Crippen molar-refractivity contribution in [1.29, 1.82) is 0 Å². The van der Waals surface area contributed by atoms with Gasteiger partial charge in [-0.15, -0.1) is 0 Å². The molecule has 0 unspecified atom stereocenters. The molecule has 0 spiro atoms. The Morgan fingerprint density at radius 3 is 1.48 bits per heavy atom. The lowest BCUT2D eigenvalue weighted by atomic mass is 9.70. The minimum absolute atomic E-state index is 0.132.